The monoisotopic (exact) mass is 301 g/mol. The molecule has 6 heteroatoms. The van der Waals surface area contributed by atoms with Crippen molar-refractivity contribution in [1.29, 1.82) is 0 Å². The molecule has 1 aliphatic rings. The first-order chi connectivity index (χ1) is 8.97. The summed E-state index contributed by atoms with van der Waals surface area (Å²) in [7, 11) is 1.91. The number of likely N-dealkylation sites (tertiary alicyclic amines) is 1. The smallest absolute Gasteiger partial charge is 0.237 e. The molecule has 1 amide bonds. The Bertz CT molecular complexity index is 481. The highest BCUT2D eigenvalue weighted by molar-refractivity contribution is 6.35. The Labute approximate surface area is 122 Å². The normalized spacial score (nSPS) is 23.6. The molecule has 3 N–H and O–H groups in total. The molecule has 2 unspecified atom stereocenters. The van der Waals surface area contributed by atoms with Gasteiger partial charge in [-0.1, -0.05) is 29.3 Å². The van der Waals surface area contributed by atoms with Crippen LogP contribution in [0.3, 0.4) is 0 Å². The Morgan fingerprint density at radius 1 is 1.53 bits per heavy atom. The van der Waals surface area contributed by atoms with Gasteiger partial charge < -0.3 is 11.1 Å². The minimum Gasteiger partial charge on any atom is -0.351 e. The van der Waals surface area contributed by atoms with Gasteiger partial charge in [-0.15, -0.1) is 0 Å². The molecule has 1 heterocycles. The van der Waals surface area contributed by atoms with Crippen LogP contribution in [-0.4, -0.2) is 36.5 Å². The molecule has 0 saturated carbocycles. The maximum Gasteiger partial charge on any atom is 0.237 e. The highest BCUT2D eigenvalue weighted by Crippen LogP contribution is 2.21. The van der Waals surface area contributed by atoms with Crippen LogP contribution in [0.2, 0.25) is 10.0 Å². The lowest BCUT2D eigenvalue weighted by Gasteiger charge is -2.18. The lowest BCUT2D eigenvalue weighted by atomic mass is 10.1. The molecule has 1 aromatic carbocycles. The van der Waals surface area contributed by atoms with Gasteiger partial charge in [0.15, 0.2) is 0 Å². The molecule has 0 radical (unpaired) electrons. The van der Waals surface area contributed by atoms with E-state index in [4.69, 9.17) is 28.9 Å². The second kappa shape index (κ2) is 6.09. The number of nitrogens with two attached hydrogens (primary N) is 1. The standard InChI is InChI=1S/C13H17Cl2N3O/c1-18-7-10(16)5-12(18)13(19)17-6-8-2-3-9(14)4-11(8)15/h2-4,10,12H,5-7,16H2,1H3,(H,17,19). The number of amides is 1. The van der Waals surface area contributed by atoms with E-state index < -0.39 is 0 Å². The van der Waals surface area contributed by atoms with Gasteiger partial charge in [-0.25, -0.2) is 0 Å². The maximum absolute atomic E-state index is 12.1. The van der Waals surface area contributed by atoms with Crippen LogP contribution in [0.25, 0.3) is 0 Å². The molecule has 2 atom stereocenters. The summed E-state index contributed by atoms with van der Waals surface area (Å²) in [5, 5.41) is 4.03. The highest BCUT2D eigenvalue weighted by Gasteiger charge is 2.32. The van der Waals surface area contributed by atoms with E-state index in [0.717, 1.165) is 12.1 Å². The van der Waals surface area contributed by atoms with Crippen LogP contribution >= 0.6 is 23.2 Å². The van der Waals surface area contributed by atoms with Gasteiger partial charge in [0, 0.05) is 29.2 Å². The van der Waals surface area contributed by atoms with Gasteiger partial charge >= 0.3 is 0 Å². The second-order valence-electron chi connectivity index (χ2n) is 4.90. The van der Waals surface area contributed by atoms with Crippen molar-refractivity contribution in [2.75, 3.05) is 13.6 Å². The number of nitrogens with one attached hydrogen (secondary N) is 1. The van der Waals surface area contributed by atoms with Gasteiger partial charge in [-0.05, 0) is 31.2 Å². The van der Waals surface area contributed by atoms with Crippen LogP contribution in [0.4, 0.5) is 0 Å². The zero-order valence-electron chi connectivity index (χ0n) is 10.7. The largest absolute Gasteiger partial charge is 0.351 e. The Morgan fingerprint density at radius 2 is 2.26 bits per heavy atom. The molecule has 0 spiro atoms. The third-order valence-corrected chi connectivity index (χ3v) is 3.94. The third kappa shape index (κ3) is 3.60. The number of halogens is 2. The van der Waals surface area contributed by atoms with E-state index in [1.54, 1.807) is 12.1 Å². The Kier molecular flexibility index (Phi) is 4.68. The fourth-order valence-corrected chi connectivity index (χ4v) is 2.79. The number of likely N-dealkylation sites (N-methyl/N-ethyl adjacent to an activating group) is 1. The number of benzene rings is 1. The molecule has 1 aromatic rings. The van der Waals surface area contributed by atoms with E-state index in [0.29, 0.717) is 23.0 Å². The zero-order valence-corrected chi connectivity index (χ0v) is 12.2. The minimum atomic E-state index is -0.152. The van der Waals surface area contributed by atoms with Gasteiger partial charge in [0.05, 0.1) is 6.04 Å². The molecule has 0 bridgehead atoms. The third-order valence-electron chi connectivity index (χ3n) is 3.35. The molecule has 0 aromatic heterocycles. The van der Waals surface area contributed by atoms with Crippen molar-refractivity contribution >= 4 is 29.1 Å². The summed E-state index contributed by atoms with van der Waals surface area (Å²) in [6.07, 6.45) is 0.691. The first-order valence-electron chi connectivity index (χ1n) is 6.15. The lowest BCUT2D eigenvalue weighted by molar-refractivity contribution is -0.125. The van der Waals surface area contributed by atoms with Gasteiger partial charge in [0.2, 0.25) is 5.91 Å². The summed E-state index contributed by atoms with van der Waals surface area (Å²) < 4.78 is 0. The van der Waals surface area contributed by atoms with Gasteiger partial charge in [-0.2, -0.15) is 0 Å². The maximum atomic E-state index is 12.1. The van der Waals surface area contributed by atoms with Crippen LogP contribution in [0.1, 0.15) is 12.0 Å². The topological polar surface area (TPSA) is 58.4 Å². The van der Waals surface area contributed by atoms with Crippen molar-refractivity contribution in [1.82, 2.24) is 10.2 Å². The van der Waals surface area contributed by atoms with Gasteiger partial charge in [-0.3, -0.25) is 9.69 Å². The molecule has 1 fully saturated rings. The van der Waals surface area contributed by atoms with Gasteiger partial charge in [0.1, 0.15) is 0 Å². The molecule has 1 saturated heterocycles. The Hall–Kier alpha value is -0.810. The van der Waals surface area contributed by atoms with Crippen LogP contribution in [0, 0.1) is 0 Å². The number of hydrogen-bond donors (Lipinski definition) is 2. The number of carbonyl (C=O) groups excluding carboxylic acids is 1. The summed E-state index contributed by atoms with van der Waals surface area (Å²) in [5.74, 6) is -0.0125. The number of rotatable bonds is 3. The molecule has 19 heavy (non-hydrogen) atoms. The van der Waals surface area contributed by atoms with Crippen molar-refractivity contribution in [2.24, 2.45) is 5.73 Å². The summed E-state index contributed by atoms with van der Waals surface area (Å²) in [6.45, 7) is 1.15. The number of hydrogen-bond acceptors (Lipinski definition) is 3. The predicted octanol–water partition coefficient (Wildman–Crippen LogP) is 1.64. The summed E-state index contributed by atoms with van der Waals surface area (Å²) in [4.78, 5) is 14.1. The minimum absolute atomic E-state index is 0.0125. The van der Waals surface area contributed by atoms with Crippen LogP contribution in [0.15, 0.2) is 18.2 Å². The molecular weight excluding hydrogens is 285 g/mol. The molecular formula is C13H17Cl2N3O. The van der Waals surface area contributed by atoms with E-state index in [1.165, 1.54) is 0 Å². The molecule has 1 aliphatic heterocycles. The average Bonchev–Trinajstić information content (AvgIpc) is 2.67. The predicted molar refractivity (Wildman–Crippen MR) is 77.3 cm³/mol. The highest BCUT2D eigenvalue weighted by atomic mass is 35.5. The molecule has 4 nitrogen and oxygen atoms in total. The van der Waals surface area contributed by atoms with Crippen molar-refractivity contribution in [3.05, 3.63) is 33.8 Å². The van der Waals surface area contributed by atoms with E-state index in [-0.39, 0.29) is 18.0 Å². The summed E-state index contributed by atoms with van der Waals surface area (Å²) in [6, 6.07) is 5.16. The van der Waals surface area contributed by atoms with Crippen molar-refractivity contribution in [3.8, 4) is 0 Å². The van der Waals surface area contributed by atoms with Crippen LogP contribution in [0.5, 0.6) is 0 Å². The van der Waals surface area contributed by atoms with E-state index in [9.17, 15) is 4.79 Å². The Morgan fingerprint density at radius 3 is 2.84 bits per heavy atom. The molecule has 104 valence electrons. The first kappa shape index (κ1) is 14.6. The quantitative estimate of drug-likeness (QED) is 0.892. The van der Waals surface area contributed by atoms with E-state index in [1.807, 2.05) is 18.0 Å². The molecule has 2 rings (SSSR count). The lowest BCUT2D eigenvalue weighted by Crippen LogP contribution is -2.41. The van der Waals surface area contributed by atoms with Crippen molar-refractivity contribution in [3.63, 3.8) is 0 Å². The van der Waals surface area contributed by atoms with Crippen molar-refractivity contribution < 1.29 is 4.79 Å². The van der Waals surface area contributed by atoms with Crippen LogP contribution in [-0.2, 0) is 11.3 Å². The van der Waals surface area contributed by atoms with E-state index >= 15 is 0 Å². The number of carbonyl (C=O) groups is 1. The fourth-order valence-electron chi connectivity index (χ4n) is 2.31. The molecule has 0 aliphatic carbocycles. The summed E-state index contributed by atoms with van der Waals surface area (Å²) >= 11 is 11.9. The number of nitrogens with zero attached hydrogens (tertiary/aromatic N) is 1. The first-order valence-corrected chi connectivity index (χ1v) is 6.90. The van der Waals surface area contributed by atoms with Crippen molar-refractivity contribution in [2.45, 2.75) is 25.0 Å². The Balaban J connectivity index is 1.93. The van der Waals surface area contributed by atoms with Crippen LogP contribution < -0.4 is 11.1 Å². The SMILES string of the molecule is CN1CC(N)CC1C(=O)NCc1ccc(Cl)cc1Cl. The zero-order chi connectivity index (χ0) is 14.0. The fraction of sp³-hybridized carbons (Fsp3) is 0.462. The van der Waals surface area contributed by atoms with Gasteiger partial charge in [0.25, 0.3) is 0 Å². The van der Waals surface area contributed by atoms with E-state index in [2.05, 4.69) is 5.32 Å². The summed E-state index contributed by atoms with van der Waals surface area (Å²) in [5.41, 5.74) is 6.70. The average molecular weight is 302 g/mol. The second-order valence-corrected chi connectivity index (χ2v) is 5.75.